The van der Waals surface area contributed by atoms with E-state index in [2.05, 4.69) is 5.32 Å². The average molecular weight is 294 g/mol. The molecule has 0 aliphatic rings. The Balaban J connectivity index is 1.95. The van der Waals surface area contributed by atoms with Gasteiger partial charge in [0.05, 0.1) is 17.7 Å². The molecule has 112 valence electrons. The zero-order valence-electron chi connectivity index (χ0n) is 12.4. The molecule has 2 aromatic rings. The zero-order chi connectivity index (χ0) is 15.9. The van der Waals surface area contributed by atoms with Gasteiger partial charge < -0.3 is 10.4 Å². The Labute approximate surface area is 130 Å². The summed E-state index contributed by atoms with van der Waals surface area (Å²) in [5.41, 5.74) is 1.72. The maximum Gasteiger partial charge on any atom is 0.251 e. The van der Waals surface area contributed by atoms with Crippen LogP contribution in [0.5, 0.6) is 0 Å². The van der Waals surface area contributed by atoms with Crippen LogP contribution in [0.25, 0.3) is 0 Å². The summed E-state index contributed by atoms with van der Waals surface area (Å²) in [5.74, 6) is -0.245. The number of nitriles is 1. The van der Waals surface area contributed by atoms with E-state index in [0.717, 1.165) is 5.56 Å². The number of hydrogen-bond acceptors (Lipinski definition) is 3. The predicted octanol–water partition coefficient (Wildman–Crippen LogP) is 2.80. The monoisotopic (exact) mass is 294 g/mol. The second-order valence-corrected chi connectivity index (χ2v) is 5.23. The van der Waals surface area contributed by atoms with Gasteiger partial charge in [0.15, 0.2) is 0 Å². The van der Waals surface area contributed by atoms with Crippen LogP contribution in [0.4, 0.5) is 0 Å². The van der Waals surface area contributed by atoms with Gasteiger partial charge in [0.25, 0.3) is 5.91 Å². The van der Waals surface area contributed by atoms with E-state index in [0.29, 0.717) is 17.5 Å². The lowest BCUT2D eigenvalue weighted by Crippen LogP contribution is -2.33. The van der Waals surface area contributed by atoms with Crippen LogP contribution in [0.3, 0.4) is 0 Å². The minimum atomic E-state index is -0.623. The smallest absolute Gasteiger partial charge is 0.251 e. The number of carbonyl (C=O) groups is 1. The van der Waals surface area contributed by atoms with Crippen LogP contribution in [-0.4, -0.2) is 17.1 Å². The first-order valence-corrected chi connectivity index (χ1v) is 7.14. The molecule has 2 N–H and O–H groups in total. The minimum absolute atomic E-state index is 0.187. The van der Waals surface area contributed by atoms with Gasteiger partial charge in [-0.1, -0.05) is 36.4 Å². The van der Waals surface area contributed by atoms with Crippen molar-refractivity contribution in [3.63, 3.8) is 0 Å². The van der Waals surface area contributed by atoms with Gasteiger partial charge in [-0.15, -0.1) is 0 Å². The van der Waals surface area contributed by atoms with E-state index in [-0.39, 0.29) is 11.9 Å². The lowest BCUT2D eigenvalue weighted by atomic mass is 10.0. The Morgan fingerprint density at radius 2 is 1.95 bits per heavy atom. The van der Waals surface area contributed by atoms with Crippen molar-refractivity contribution in [2.75, 3.05) is 0 Å². The Bertz CT molecular complexity index is 677. The highest BCUT2D eigenvalue weighted by molar-refractivity contribution is 5.94. The Hall–Kier alpha value is -2.64. The van der Waals surface area contributed by atoms with Crippen LogP contribution in [0.15, 0.2) is 54.6 Å². The molecule has 4 heteroatoms. The number of amides is 1. The van der Waals surface area contributed by atoms with Gasteiger partial charge in [-0.2, -0.15) is 5.26 Å². The van der Waals surface area contributed by atoms with E-state index < -0.39 is 6.10 Å². The molecule has 0 aromatic heterocycles. The molecule has 2 atom stereocenters. The molecule has 1 amide bonds. The van der Waals surface area contributed by atoms with Gasteiger partial charge in [0.2, 0.25) is 0 Å². The van der Waals surface area contributed by atoms with Crippen LogP contribution in [0.2, 0.25) is 0 Å². The number of aliphatic hydroxyl groups is 1. The number of rotatable bonds is 5. The van der Waals surface area contributed by atoms with E-state index in [4.69, 9.17) is 5.26 Å². The zero-order valence-corrected chi connectivity index (χ0v) is 12.4. The third-order valence-electron chi connectivity index (χ3n) is 3.39. The molecule has 4 nitrogen and oxygen atoms in total. The number of aliphatic hydroxyl groups excluding tert-OH is 1. The van der Waals surface area contributed by atoms with Crippen molar-refractivity contribution in [3.8, 4) is 6.07 Å². The van der Waals surface area contributed by atoms with Crippen molar-refractivity contribution in [1.82, 2.24) is 5.32 Å². The fourth-order valence-corrected chi connectivity index (χ4v) is 2.24. The molecule has 0 fully saturated rings. The highest BCUT2D eigenvalue weighted by atomic mass is 16.3. The lowest BCUT2D eigenvalue weighted by Gasteiger charge is -2.18. The van der Waals surface area contributed by atoms with E-state index >= 15 is 0 Å². The molecular formula is C18H18N2O2. The van der Waals surface area contributed by atoms with Crippen molar-refractivity contribution in [2.24, 2.45) is 0 Å². The summed E-state index contributed by atoms with van der Waals surface area (Å²) in [7, 11) is 0. The summed E-state index contributed by atoms with van der Waals surface area (Å²) in [6.07, 6.45) is -0.199. The van der Waals surface area contributed by atoms with Gasteiger partial charge in [0, 0.05) is 11.6 Å². The molecule has 2 aromatic carbocycles. The summed E-state index contributed by atoms with van der Waals surface area (Å²) in [5, 5.41) is 21.9. The van der Waals surface area contributed by atoms with Gasteiger partial charge in [-0.05, 0) is 37.1 Å². The number of benzene rings is 2. The Kier molecular flexibility index (Phi) is 5.29. The van der Waals surface area contributed by atoms with Crippen molar-refractivity contribution in [1.29, 1.82) is 5.26 Å². The van der Waals surface area contributed by atoms with E-state index in [9.17, 15) is 9.90 Å². The van der Waals surface area contributed by atoms with E-state index in [1.54, 1.807) is 24.3 Å². The van der Waals surface area contributed by atoms with Crippen LogP contribution >= 0.6 is 0 Å². The van der Waals surface area contributed by atoms with E-state index in [1.807, 2.05) is 43.3 Å². The van der Waals surface area contributed by atoms with Gasteiger partial charge in [-0.25, -0.2) is 0 Å². The molecular weight excluding hydrogens is 276 g/mol. The minimum Gasteiger partial charge on any atom is -0.388 e. The first-order chi connectivity index (χ1) is 10.6. The number of hydrogen-bond donors (Lipinski definition) is 2. The summed E-state index contributed by atoms with van der Waals surface area (Å²) in [6.45, 7) is 1.85. The molecule has 2 rings (SSSR count). The molecule has 0 radical (unpaired) electrons. The third kappa shape index (κ3) is 4.18. The highest BCUT2D eigenvalue weighted by Gasteiger charge is 2.15. The van der Waals surface area contributed by atoms with Crippen LogP contribution in [0.1, 0.15) is 40.9 Å². The molecule has 2 unspecified atom stereocenters. The average Bonchev–Trinajstić information content (AvgIpc) is 2.55. The van der Waals surface area contributed by atoms with E-state index in [1.165, 1.54) is 0 Å². The first-order valence-electron chi connectivity index (χ1n) is 7.14. The topological polar surface area (TPSA) is 73.1 Å². The first kappa shape index (κ1) is 15.7. The number of carbonyl (C=O) groups excluding carboxylic acids is 1. The van der Waals surface area contributed by atoms with Crippen molar-refractivity contribution >= 4 is 5.91 Å². The van der Waals surface area contributed by atoms with Crippen LogP contribution in [0, 0.1) is 11.3 Å². The molecule has 0 bridgehead atoms. The molecule has 22 heavy (non-hydrogen) atoms. The Morgan fingerprint density at radius 1 is 1.23 bits per heavy atom. The molecule has 0 aliphatic carbocycles. The number of nitrogens with one attached hydrogen (secondary N) is 1. The molecule has 0 aliphatic heterocycles. The molecule has 0 saturated heterocycles. The predicted molar refractivity (Wildman–Crippen MR) is 84.1 cm³/mol. The fraction of sp³-hybridized carbons (Fsp3) is 0.222. The second kappa shape index (κ2) is 7.39. The maximum atomic E-state index is 12.1. The van der Waals surface area contributed by atoms with Gasteiger partial charge >= 0.3 is 0 Å². The quantitative estimate of drug-likeness (QED) is 0.890. The summed E-state index contributed by atoms with van der Waals surface area (Å²) < 4.78 is 0. The number of nitrogens with zero attached hydrogens (tertiary/aromatic N) is 1. The summed E-state index contributed by atoms with van der Waals surface area (Å²) in [4.78, 5) is 12.1. The highest BCUT2D eigenvalue weighted by Crippen LogP contribution is 2.18. The second-order valence-electron chi connectivity index (χ2n) is 5.23. The SMILES string of the molecule is CC(CC(O)c1ccccc1)NC(=O)c1cccc(C#N)c1. The fourth-order valence-electron chi connectivity index (χ4n) is 2.24. The largest absolute Gasteiger partial charge is 0.388 e. The maximum absolute atomic E-state index is 12.1. The normalized spacial score (nSPS) is 13.0. The molecule has 0 heterocycles. The van der Waals surface area contributed by atoms with Crippen molar-refractivity contribution < 1.29 is 9.90 Å². The van der Waals surface area contributed by atoms with Gasteiger partial charge in [-0.3, -0.25) is 4.79 Å². The lowest BCUT2D eigenvalue weighted by molar-refractivity contribution is 0.0917. The van der Waals surface area contributed by atoms with Gasteiger partial charge in [0.1, 0.15) is 0 Å². The van der Waals surface area contributed by atoms with Crippen molar-refractivity contribution in [2.45, 2.75) is 25.5 Å². The molecule has 0 spiro atoms. The summed E-state index contributed by atoms with van der Waals surface area (Å²) >= 11 is 0. The molecule has 0 saturated carbocycles. The summed E-state index contributed by atoms with van der Waals surface area (Å²) in [6, 6.07) is 17.7. The third-order valence-corrected chi connectivity index (χ3v) is 3.39. The van der Waals surface area contributed by atoms with Crippen molar-refractivity contribution in [3.05, 3.63) is 71.3 Å². The standard InChI is InChI=1S/C18H18N2O2/c1-13(10-17(21)15-7-3-2-4-8-15)20-18(22)16-9-5-6-14(11-16)12-19/h2-9,11,13,17,21H,10H2,1H3,(H,20,22). The van der Waals surface area contributed by atoms with Crippen LogP contribution < -0.4 is 5.32 Å². The Morgan fingerprint density at radius 3 is 2.64 bits per heavy atom. The van der Waals surface area contributed by atoms with Crippen LogP contribution in [-0.2, 0) is 0 Å².